The van der Waals surface area contributed by atoms with Gasteiger partial charge in [0.2, 0.25) is 11.7 Å². The minimum atomic E-state index is 0.169. The molecular weight excluding hydrogens is 326 g/mol. The summed E-state index contributed by atoms with van der Waals surface area (Å²) in [6.07, 6.45) is 6.14. The number of nitrogens with zero attached hydrogens (tertiary/aromatic N) is 5. The molecule has 0 N–H and O–H groups in total. The zero-order valence-electron chi connectivity index (χ0n) is 15.0. The van der Waals surface area contributed by atoms with Crippen molar-refractivity contribution in [2.24, 2.45) is 0 Å². The van der Waals surface area contributed by atoms with Crippen LogP contribution in [0, 0.1) is 6.92 Å². The molecule has 0 bridgehead atoms. The number of aryl methyl sites for hydroxylation is 1. The first-order chi connectivity index (χ1) is 12.7. The third-order valence-electron chi connectivity index (χ3n) is 4.86. The highest BCUT2D eigenvalue weighted by Gasteiger charge is 2.31. The first kappa shape index (κ1) is 16.7. The van der Waals surface area contributed by atoms with Gasteiger partial charge in [-0.25, -0.2) is 0 Å². The van der Waals surface area contributed by atoms with E-state index in [0.717, 1.165) is 43.7 Å². The highest BCUT2D eigenvalue weighted by Crippen LogP contribution is 2.33. The van der Waals surface area contributed by atoms with Gasteiger partial charge in [0.05, 0.1) is 18.3 Å². The van der Waals surface area contributed by atoms with Crippen molar-refractivity contribution in [3.05, 3.63) is 66.3 Å². The Morgan fingerprint density at radius 3 is 2.96 bits per heavy atom. The summed E-state index contributed by atoms with van der Waals surface area (Å²) in [5.74, 6) is 1.36. The maximum atomic E-state index is 5.61. The number of benzene rings is 1. The Bertz CT molecular complexity index is 883. The van der Waals surface area contributed by atoms with Crippen molar-refractivity contribution in [2.75, 3.05) is 6.54 Å². The Morgan fingerprint density at radius 1 is 1.31 bits per heavy atom. The van der Waals surface area contributed by atoms with Crippen LogP contribution in [0.25, 0.3) is 11.4 Å². The van der Waals surface area contributed by atoms with Crippen molar-refractivity contribution in [1.29, 1.82) is 0 Å². The van der Waals surface area contributed by atoms with Crippen LogP contribution in [0.5, 0.6) is 0 Å². The van der Waals surface area contributed by atoms with E-state index in [2.05, 4.69) is 39.8 Å². The second kappa shape index (κ2) is 7.25. The number of allylic oxidation sites excluding steroid dienone is 1. The van der Waals surface area contributed by atoms with Crippen LogP contribution in [0.15, 0.2) is 53.7 Å². The molecule has 1 aliphatic heterocycles. The highest BCUT2D eigenvalue weighted by atomic mass is 16.5. The molecule has 4 rings (SSSR count). The van der Waals surface area contributed by atoms with Crippen molar-refractivity contribution < 1.29 is 4.52 Å². The van der Waals surface area contributed by atoms with Gasteiger partial charge in [0.25, 0.3) is 0 Å². The number of hydrogen-bond acceptors (Lipinski definition) is 5. The summed E-state index contributed by atoms with van der Waals surface area (Å²) in [4.78, 5) is 7.07. The fourth-order valence-corrected chi connectivity index (χ4v) is 3.53. The first-order valence-electron chi connectivity index (χ1n) is 9.01. The molecule has 0 radical (unpaired) electrons. The number of hydrogen-bond donors (Lipinski definition) is 0. The van der Waals surface area contributed by atoms with Crippen LogP contribution in [-0.2, 0) is 13.1 Å². The molecule has 3 aromatic rings. The Labute approximate surface area is 153 Å². The molecule has 26 heavy (non-hydrogen) atoms. The second-order valence-electron chi connectivity index (χ2n) is 6.70. The molecule has 134 valence electrons. The fraction of sp³-hybridized carbons (Fsp3) is 0.350. The lowest BCUT2D eigenvalue weighted by molar-refractivity contribution is 0.201. The van der Waals surface area contributed by atoms with E-state index in [9.17, 15) is 0 Å². The summed E-state index contributed by atoms with van der Waals surface area (Å²) in [6.45, 7) is 8.44. The minimum absolute atomic E-state index is 0.169. The molecule has 1 aromatic carbocycles. The van der Waals surface area contributed by atoms with Crippen LogP contribution < -0.4 is 0 Å². The molecule has 0 unspecified atom stereocenters. The Kier molecular flexibility index (Phi) is 4.67. The smallest absolute Gasteiger partial charge is 0.244 e. The van der Waals surface area contributed by atoms with E-state index in [1.54, 1.807) is 0 Å². The summed E-state index contributed by atoms with van der Waals surface area (Å²) in [5, 5.41) is 8.73. The van der Waals surface area contributed by atoms with Crippen LogP contribution in [-0.4, -0.2) is 31.4 Å². The van der Waals surface area contributed by atoms with Gasteiger partial charge in [-0.2, -0.15) is 10.1 Å². The topological polar surface area (TPSA) is 60.0 Å². The molecule has 2 aromatic heterocycles. The van der Waals surface area contributed by atoms with E-state index < -0.39 is 0 Å². The molecule has 1 atom stereocenters. The molecule has 0 spiro atoms. The van der Waals surface area contributed by atoms with Crippen LogP contribution in [0.2, 0.25) is 0 Å². The quantitative estimate of drug-likeness (QED) is 0.634. The van der Waals surface area contributed by atoms with Crippen LogP contribution in [0.1, 0.15) is 36.0 Å². The highest BCUT2D eigenvalue weighted by molar-refractivity contribution is 5.53. The van der Waals surface area contributed by atoms with Crippen molar-refractivity contribution in [1.82, 2.24) is 24.8 Å². The van der Waals surface area contributed by atoms with Crippen molar-refractivity contribution in [3.63, 3.8) is 0 Å². The lowest BCUT2D eigenvalue weighted by Gasteiger charge is -2.20. The summed E-state index contributed by atoms with van der Waals surface area (Å²) in [6, 6.07) is 10.1. The Balaban J connectivity index is 1.52. The average Bonchev–Trinajstić information content (AvgIpc) is 3.37. The molecular formula is C20H23N5O. The van der Waals surface area contributed by atoms with Crippen molar-refractivity contribution in [2.45, 2.75) is 38.9 Å². The number of rotatable bonds is 6. The summed E-state index contributed by atoms with van der Waals surface area (Å²) < 4.78 is 7.54. The molecule has 0 aliphatic carbocycles. The summed E-state index contributed by atoms with van der Waals surface area (Å²) >= 11 is 0. The standard InChI is InChI=1S/C20H23N5O/c1-3-11-25-14-17(15(2)22-25)13-24-12-7-10-18(24)20-21-19(23-26-20)16-8-5-4-6-9-16/h3-6,8-9,14,18H,1,7,10-13H2,2H3/t18-/m1/s1. The largest absolute Gasteiger partial charge is 0.337 e. The van der Waals surface area contributed by atoms with Gasteiger partial charge in [-0.1, -0.05) is 41.6 Å². The Hall–Kier alpha value is -2.73. The first-order valence-corrected chi connectivity index (χ1v) is 9.01. The molecule has 6 nitrogen and oxygen atoms in total. The van der Waals surface area contributed by atoms with E-state index in [0.29, 0.717) is 11.7 Å². The molecule has 1 saturated heterocycles. The van der Waals surface area contributed by atoms with Gasteiger partial charge in [0, 0.05) is 23.9 Å². The second-order valence-corrected chi connectivity index (χ2v) is 6.70. The lowest BCUT2D eigenvalue weighted by atomic mass is 10.2. The maximum absolute atomic E-state index is 5.61. The molecule has 6 heteroatoms. The van der Waals surface area contributed by atoms with Gasteiger partial charge < -0.3 is 4.52 Å². The van der Waals surface area contributed by atoms with Crippen LogP contribution in [0.3, 0.4) is 0 Å². The monoisotopic (exact) mass is 349 g/mol. The van der Waals surface area contributed by atoms with Gasteiger partial charge in [-0.05, 0) is 26.3 Å². The molecule has 0 saturated carbocycles. The predicted octanol–water partition coefficient (Wildman–Crippen LogP) is 3.76. The van der Waals surface area contributed by atoms with Gasteiger partial charge in [-0.3, -0.25) is 9.58 Å². The predicted molar refractivity (Wildman–Crippen MR) is 99.3 cm³/mol. The van der Waals surface area contributed by atoms with E-state index in [1.165, 1.54) is 5.56 Å². The minimum Gasteiger partial charge on any atom is -0.337 e. The third kappa shape index (κ3) is 3.32. The van der Waals surface area contributed by atoms with E-state index in [1.807, 2.05) is 41.1 Å². The van der Waals surface area contributed by atoms with E-state index >= 15 is 0 Å². The molecule has 1 aliphatic rings. The molecule has 1 fully saturated rings. The SMILES string of the molecule is C=CCn1cc(CN2CCC[C@@H]2c2nc(-c3ccccc3)no2)c(C)n1. The fourth-order valence-electron chi connectivity index (χ4n) is 3.53. The lowest BCUT2D eigenvalue weighted by Crippen LogP contribution is -2.23. The van der Waals surface area contributed by atoms with Gasteiger partial charge in [-0.15, -0.1) is 6.58 Å². The van der Waals surface area contributed by atoms with Gasteiger partial charge in [0.15, 0.2) is 0 Å². The van der Waals surface area contributed by atoms with Crippen LogP contribution in [0.4, 0.5) is 0 Å². The number of likely N-dealkylation sites (tertiary alicyclic amines) is 1. The maximum Gasteiger partial charge on any atom is 0.244 e. The summed E-state index contributed by atoms with van der Waals surface area (Å²) in [7, 11) is 0. The summed E-state index contributed by atoms with van der Waals surface area (Å²) in [5.41, 5.74) is 3.28. The van der Waals surface area contributed by atoms with E-state index in [-0.39, 0.29) is 6.04 Å². The molecule has 0 amide bonds. The van der Waals surface area contributed by atoms with Crippen molar-refractivity contribution in [3.8, 4) is 11.4 Å². The Morgan fingerprint density at radius 2 is 2.15 bits per heavy atom. The normalized spacial score (nSPS) is 17.7. The van der Waals surface area contributed by atoms with E-state index in [4.69, 9.17) is 4.52 Å². The zero-order chi connectivity index (χ0) is 17.9. The van der Waals surface area contributed by atoms with Crippen molar-refractivity contribution >= 4 is 0 Å². The van der Waals surface area contributed by atoms with Crippen LogP contribution >= 0.6 is 0 Å². The number of aromatic nitrogens is 4. The van der Waals surface area contributed by atoms with Gasteiger partial charge >= 0.3 is 0 Å². The average molecular weight is 349 g/mol. The van der Waals surface area contributed by atoms with Gasteiger partial charge in [0.1, 0.15) is 0 Å². The zero-order valence-corrected chi connectivity index (χ0v) is 15.0. The third-order valence-corrected chi connectivity index (χ3v) is 4.86. The molecule has 3 heterocycles.